The molecule has 0 N–H and O–H groups in total. The predicted octanol–water partition coefficient (Wildman–Crippen LogP) is 2.21. The minimum absolute atomic E-state index is 0.0147. The third kappa shape index (κ3) is 3.78. The van der Waals surface area contributed by atoms with Gasteiger partial charge < -0.3 is 14.5 Å². The molecule has 1 aromatic carbocycles. The lowest BCUT2D eigenvalue weighted by Crippen LogP contribution is -2.41. The van der Waals surface area contributed by atoms with Crippen LogP contribution in [0.3, 0.4) is 0 Å². The standard InChI is InChI=1S/C19H26N2O3/c1-20-11-14-3-6-16(20)13-21(12-14)19(23)10-9-18(22)15-4-7-17(24-2)8-5-15/h4-5,7-8,14,16H,3,6,9-13H2,1-2H3/t14-,16-/m1/s1. The van der Waals surface area contributed by atoms with Crippen LogP contribution in [-0.4, -0.2) is 61.3 Å². The molecule has 0 saturated carbocycles. The van der Waals surface area contributed by atoms with Gasteiger partial charge in [0.2, 0.25) is 5.91 Å². The molecule has 3 saturated heterocycles. The molecule has 3 heterocycles. The highest BCUT2D eigenvalue weighted by Crippen LogP contribution is 2.27. The second-order valence-electron chi connectivity index (χ2n) is 6.99. The topological polar surface area (TPSA) is 49.9 Å². The molecule has 1 aromatic rings. The maximum absolute atomic E-state index is 12.5. The number of ketones is 1. The van der Waals surface area contributed by atoms with Crippen LogP contribution in [0, 0.1) is 5.92 Å². The zero-order valence-electron chi connectivity index (χ0n) is 14.5. The van der Waals surface area contributed by atoms with Crippen molar-refractivity contribution >= 4 is 11.7 Å². The fraction of sp³-hybridized carbons (Fsp3) is 0.579. The molecule has 0 radical (unpaired) electrons. The van der Waals surface area contributed by atoms with Crippen LogP contribution in [0.5, 0.6) is 5.75 Å². The zero-order valence-corrected chi connectivity index (χ0v) is 14.5. The number of fused-ring (bicyclic) bond motifs is 4. The Balaban J connectivity index is 1.54. The zero-order chi connectivity index (χ0) is 17.1. The molecule has 0 unspecified atom stereocenters. The summed E-state index contributed by atoms with van der Waals surface area (Å²) in [5.74, 6) is 1.44. The van der Waals surface area contributed by atoms with Crippen LogP contribution in [-0.2, 0) is 4.79 Å². The van der Waals surface area contributed by atoms with E-state index in [1.165, 1.54) is 12.8 Å². The quantitative estimate of drug-likeness (QED) is 0.777. The molecule has 3 aliphatic heterocycles. The van der Waals surface area contributed by atoms with E-state index in [2.05, 4.69) is 11.9 Å². The molecule has 3 aliphatic rings. The number of hydrogen-bond donors (Lipinski definition) is 0. The number of rotatable bonds is 5. The van der Waals surface area contributed by atoms with Crippen LogP contribution in [0.2, 0.25) is 0 Å². The Kier molecular flexibility index (Phi) is 5.19. The number of ether oxygens (including phenoxy) is 1. The Morgan fingerprint density at radius 2 is 1.83 bits per heavy atom. The van der Waals surface area contributed by atoms with E-state index in [-0.39, 0.29) is 18.1 Å². The van der Waals surface area contributed by atoms with Gasteiger partial charge in [-0.2, -0.15) is 0 Å². The maximum Gasteiger partial charge on any atom is 0.223 e. The first-order chi connectivity index (χ1) is 11.6. The van der Waals surface area contributed by atoms with Gasteiger partial charge in [-0.05, 0) is 50.1 Å². The summed E-state index contributed by atoms with van der Waals surface area (Å²) in [7, 11) is 3.75. The Bertz CT molecular complexity index is 599. The second kappa shape index (κ2) is 7.34. The number of piperidine rings is 1. The lowest BCUT2D eigenvalue weighted by atomic mass is 9.96. The number of amides is 1. The Hall–Kier alpha value is -1.88. The van der Waals surface area contributed by atoms with Crippen molar-refractivity contribution in [1.29, 1.82) is 0 Å². The Morgan fingerprint density at radius 1 is 1.08 bits per heavy atom. The van der Waals surface area contributed by atoms with E-state index in [0.717, 1.165) is 25.4 Å². The van der Waals surface area contributed by atoms with Crippen molar-refractivity contribution in [2.45, 2.75) is 31.7 Å². The lowest BCUT2D eigenvalue weighted by molar-refractivity contribution is -0.131. The minimum Gasteiger partial charge on any atom is -0.497 e. The average Bonchev–Trinajstić information content (AvgIpc) is 2.90. The van der Waals surface area contributed by atoms with E-state index in [0.29, 0.717) is 23.9 Å². The SMILES string of the molecule is COc1ccc(C(=O)CCC(=O)N2C[C@@H]3CC[C@H](C2)N(C)C3)cc1. The van der Waals surface area contributed by atoms with Gasteiger partial charge in [0, 0.05) is 44.1 Å². The molecule has 5 nitrogen and oxygen atoms in total. The third-order valence-corrected chi connectivity index (χ3v) is 5.32. The molecule has 2 atom stereocenters. The van der Waals surface area contributed by atoms with Gasteiger partial charge in [0.05, 0.1) is 7.11 Å². The van der Waals surface area contributed by atoms with Crippen LogP contribution in [0.1, 0.15) is 36.0 Å². The van der Waals surface area contributed by atoms with Crippen LogP contribution >= 0.6 is 0 Å². The molecule has 130 valence electrons. The molecule has 5 heteroatoms. The van der Waals surface area contributed by atoms with Gasteiger partial charge in [0.25, 0.3) is 0 Å². The predicted molar refractivity (Wildman–Crippen MR) is 92.3 cm³/mol. The van der Waals surface area contributed by atoms with Gasteiger partial charge in [0.15, 0.2) is 5.78 Å². The summed E-state index contributed by atoms with van der Waals surface area (Å²) in [6.07, 6.45) is 2.96. The van der Waals surface area contributed by atoms with E-state index >= 15 is 0 Å². The highest BCUT2D eigenvalue weighted by Gasteiger charge is 2.34. The van der Waals surface area contributed by atoms with E-state index in [1.54, 1.807) is 31.4 Å². The number of carbonyl (C=O) groups excluding carboxylic acids is 2. The highest BCUT2D eigenvalue weighted by atomic mass is 16.5. The van der Waals surface area contributed by atoms with E-state index in [1.807, 2.05) is 4.90 Å². The van der Waals surface area contributed by atoms with Gasteiger partial charge in [-0.25, -0.2) is 0 Å². The minimum atomic E-state index is 0.0147. The van der Waals surface area contributed by atoms with Crippen molar-refractivity contribution in [3.8, 4) is 5.75 Å². The number of methoxy groups -OCH3 is 1. The van der Waals surface area contributed by atoms with Crippen molar-refractivity contribution in [2.75, 3.05) is 33.8 Å². The summed E-state index contributed by atoms with van der Waals surface area (Å²) >= 11 is 0. The van der Waals surface area contributed by atoms with Crippen LogP contribution in [0.15, 0.2) is 24.3 Å². The van der Waals surface area contributed by atoms with Gasteiger partial charge in [-0.1, -0.05) is 0 Å². The van der Waals surface area contributed by atoms with Gasteiger partial charge in [0.1, 0.15) is 5.75 Å². The van der Waals surface area contributed by atoms with Crippen LogP contribution in [0.4, 0.5) is 0 Å². The summed E-state index contributed by atoms with van der Waals surface area (Å²) in [6, 6.07) is 7.54. The van der Waals surface area contributed by atoms with E-state index in [9.17, 15) is 9.59 Å². The molecule has 0 aromatic heterocycles. The summed E-state index contributed by atoms with van der Waals surface area (Å²) in [5.41, 5.74) is 0.638. The number of likely N-dealkylation sites (N-methyl/N-ethyl adjacent to an activating group) is 1. The van der Waals surface area contributed by atoms with Crippen LogP contribution in [0.25, 0.3) is 0 Å². The lowest BCUT2D eigenvalue weighted by Gasteiger charge is -2.32. The molecular weight excluding hydrogens is 304 g/mol. The number of nitrogens with zero attached hydrogens (tertiary/aromatic N) is 2. The fourth-order valence-electron chi connectivity index (χ4n) is 3.82. The molecule has 2 bridgehead atoms. The molecular formula is C19H26N2O3. The van der Waals surface area contributed by atoms with Gasteiger partial charge >= 0.3 is 0 Å². The maximum atomic E-state index is 12.5. The highest BCUT2D eigenvalue weighted by molar-refractivity contribution is 5.98. The molecule has 3 fully saturated rings. The first kappa shape index (κ1) is 17.0. The van der Waals surface area contributed by atoms with Crippen molar-refractivity contribution in [3.63, 3.8) is 0 Å². The van der Waals surface area contributed by atoms with Crippen LogP contribution < -0.4 is 4.74 Å². The Labute approximate surface area is 143 Å². The second-order valence-corrected chi connectivity index (χ2v) is 6.99. The van der Waals surface area contributed by atoms with Crippen molar-refractivity contribution < 1.29 is 14.3 Å². The fourth-order valence-corrected chi connectivity index (χ4v) is 3.82. The number of benzene rings is 1. The van der Waals surface area contributed by atoms with Gasteiger partial charge in [-0.3, -0.25) is 9.59 Å². The monoisotopic (exact) mass is 330 g/mol. The molecule has 4 rings (SSSR count). The summed E-state index contributed by atoms with van der Waals surface area (Å²) in [6.45, 7) is 2.73. The number of Topliss-reactive ketones (excluding diaryl/α,β-unsaturated/α-hetero) is 1. The number of carbonyl (C=O) groups is 2. The Morgan fingerprint density at radius 3 is 2.50 bits per heavy atom. The molecule has 0 aliphatic carbocycles. The average molecular weight is 330 g/mol. The molecule has 0 spiro atoms. The van der Waals surface area contributed by atoms with Crippen molar-refractivity contribution in [2.24, 2.45) is 5.92 Å². The summed E-state index contributed by atoms with van der Waals surface area (Å²) < 4.78 is 5.10. The van der Waals surface area contributed by atoms with E-state index < -0.39 is 0 Å². The summed E-state index contributed by atoms with van der Waals surface area (Å²) in [5, 5.41) is 0. The van der Waals surface area contributed by atoms with E-state index in [4.69, 9.17) is 4.74 Å². The smallest absolute Gasteiger partial charge is 0.223 e. The third-order valence-electron chi connectivity index (χ3n) is 5.32. The molecule has 24 heavy (non-hydrogen) atoms. The first-order valence-electron chi connectivity index (χ1n) is 8.72. The van der Waals surface area contributed by atoms with Gasteiger partial charge in [-0.15, -0.1) is 0 Å². The molecule has 1 amide bonds. The van der Waals surface area contributed by atoms with Crippen molar-refractivity contribution in [1.82, 2.24) is 9.80 Å². The summed E-state index contributed by atoms with van der Waals surface area (Å²) in [4.78, 5) is 29.2. The normalized spacial score (nSPS) is 23.8. The number of hydrogen-bond acceptors (Lipinski definition) is 4. The first-order valence-corrected chi connectivity index (χ1v) is 8.72. The largest absolute Gasteiger partial charge is 0.497 e. The van der Waals surface area contributed by atoms with Crippen molar-refractivity contribution in [3.05, 3.63) is 29.8 Å².